The van der Waals surface area contributed by atoms with Gasteiger partial charge < -0.3 is 10.4 Å². The summed E-state index contributed by atoms with van der Waals surface area (Å²) < 4.78 is 1.64. The lowest BCUT2D eigenvalue weighted by Crippen LogP contribution is -2.12. The van der Waals surface area contributed by atoms with Crippen LogP contribution in [0.4, 0.5) is 5.69 Å². The smallest absolute Gasteiger partial charge is 0.339 e. The maximum atomic E-state index is 11.3. The molecule has 0 spiro atoms. The molecule has 7 heteroatoms. The normalized spacial score (nSPS) is 12.6. The molecular weight excluding hydrogens is 276 g/mol. The van der Waals surface area contributed by atoms with Crippen molar-refractivity contribution < 1.29 is 9.90 Å². The molecule has 2 heterocycles. The highest BCUT2D eigenvalue weighted by molar-refractivity contribution is 7.99. The first kappa shape index (κ1) is 14.6. The van der Waals surface area contributed by atoms with Crippen LogP contribution in [-0.2, 0) is 7.05 Å². The second-order valence-corrected chi connectivity index (χ2v) is 5.90. The van der Waals surface area contributed by atoms with Gasteiger partial charge in [0.25, 0.3) is 0 Å². The van der Waals surface area contributed by atoms with Crippen LogP contribution in [0.2, 0.25) is 0 Å². The van der Waals surface area contributed by atoms with Crippen LogP contribution in [0.1, 0.15) is 23.7 Å². The SMILES string of the molecule is CSC(C)CCNc1c(C(=O)O)cnc2c1cnn2C. The number of nitrogens with zero attached hydrogens (tertiary/aromatic N) is 3. The van der Waals surface area contributed by atoms with Crippen LogP contribution in [-0.4, -0.2) is 43.9 Å². The number of anilines is 1. The average molecular weight is 294 g/mol. The first-order valence-corrected chi connectivity index (χ1v) is 7.64. The molecule has 0 radical (unpaired) electrons. The molecule has 1 unspecified atom stereocenters. The first-order chi connectivity index (χ1) is 9.54. The van der Waals surface area contributed by atoms with Crippen LogP contribution in [0.3, 0.4) is 0 Å². The summed E-state index contributed by atoms with van der Waals surface area (Å²) >= 11 is 1.79. The third kappa shape index (κ3) is 2.87. The molecule has 1 atom stereocenters. The Hall–Kier alpha value is -1.76. The lowest BCUT2D eigenvalue weighted by atomic mass is 10.1. The number of carboxylic acids is 1. The zero-order chi connectivity index (χ0) is 14.7. The molecule has 6 nitrogen and oxygen atoms in total. The number of hydrogen-bond donors (Lipinski definition) is 2. The summed E-state index contributed by atoms with van der Waals surface area (Å²) in [5, 5.41) is 17.9. The Morgan fingerprint density at radius 3 is 2.95 bits per heavy atom. The molecule has 0 aliphatic heterocycles. The monoisotopic (exact) mass is 294 g/mol. The topological polar surface area (TPSA) is 80.0 Å². The number of thioether (sulfide) groups is 1. The lowest BCUT2D eigenvalue weighted by Gasteiger charge is -2.12. The molecule has 0 aliphatic rings. The number of carboxylic acid groups (broad SMARTS) is 1. The third-order valence-corrected chi connectivity index (χ3v) is 4.29. The molecule has 2 N–H and O–H groups in total. The highest BCUT2D eigenvalue weighted by Gasteiger charge is 2.16. The Morgan fingerprint density at radius 1 is 1.55 bits per heavy atom. The maximum absolute atomic E-state index is 11.3. The highest BCUT2D eigenvalue weighted by atomic mass is 32.2. The molecule has 2 aromatic heterocycles. The lowest BCUT2D eigenvalue weighted by molar-refractivity contribution is 0.0697. The van der Waals surface area contributed by atoms with Crippen LogP contribution in [0.25, 0.3) is 11.0 Å². The van der Waals surface area contributed by atoms with Gasteiger partial charge in [-0.1, -0.05) is 6.92 Å². The van der Waals surface area contributed by atoms with E-state index < -0.39 is 5.97 Å². The zero-order valence-corrected chi connectivity index (χ0v) is 12.6. The molecular formula is C13H18N4O2S. The van der Waals surface area contributed by atoms with Crippen molar-refractivity contribution in [1.82, 2.24) is 14.8 Å². The number of hydrogen-bond acceptors (Lipinski definition) is 5. The van der Waals surface area contributed by atoms with E-state index in [1.807, 2.05) is 0 Å². The summed E-state index contributed by atoms with van der Waals surface area (Å²) in [6.07, 6.45) is 6.06. The van der Waals surface area contributed by atoms with E-state index in [1.165, 1.54) is 6.20 Å². The molecule has 0 amide bonds. The summed E-state index contributed by atoms with van der Waals surface area (Å²) in [5.41, 5.74) is 1.46. The van der Waals surface area contributed by atoms with Gasteiger partial charge in [0.15, 0.2) is 5.65 Å². The number of aromatic carboxylic acids is 1. The summed E-state index contributed by atoms with van der Waals surface area (Å²) in [7, 11) is 1.79. The number of aromatic nitrogens is 3. The largest absolute Gasteiger partial charge is 0.478 e. The molecule has 0 saturated heterocycles. The van der Waals surface area contributed by atoms with Gasteiger partial charge in [-0.2, -0.15) is 16.9 Å². The quantitative estimate of drug-likeness (QED) is 0.850. The molecule has 0 aliphatic carbocycles. The van der Waals surface area contributed by atoms with E-state index >= 15 is 0 Å². The Labute approximate surface area is 121 Å². The van der Waals surface area contributed by atoms with Gasteiger partial charge in [0, 0.05) is 25.0 Å². The third-order valence-electron chi connectivity index (χ3n) is 3.25. The molecule has 0 bridgehead atoms. The fourth-order valence-corrected chi connectivity index (χ4v) is 2.32. The standard InChI is InChI=1S/C13H18N4O2S/c1-8(20-3)4-5-14-11-9-7-16-17(2)12(9)15-6-10(11)13(18)19/h6-8H,4-5H2,1-3H3,(H,14,15)(H,18,19). The van der Waals surface area contributed by atoms with Crippen molar-refractivity contribution in [2.75, 3.05) is 18.1 Å². The Kier molecular flexibility index (Phi) is 4.49. The number of pyridine rings is 1. The number of rotatable bonds is 6. The minimum absolute atomic E-state index is 0.183. The van der Waals surface area contributed by atoms with Gasteiger partial charge in [0.1, 0.15) is 5.56 Å². The molecule has 108 valence electrons. The summed E-state index contributed by atoms with van der Waals surface area (Å²) in [6.45, 7) is 2.87. The van der Waals surface area contributed by atoms with E-state index in [0.717, 1.165) is 18.4 Å². The number of nitrogens with one attached hydrogen (secondary N) is 1. The van der Waals surface area contributed by atoms with Crippen LogP contribution in [0, 0.1) is 0 Å². The molecule has 0 fully saturated rings. The van der Waals surface area contributed by atoms with Gasteiger partial charge in [-0.05, 0) is 12.7 Å². The second-order valence-electron chi connectivity index (χ2n) is 4.62. The van der Waals surface area contributed by atoms with Gasteiger partial charge in [-0.25, -0.2) is 9.78 Å². The molecule has 2 rings (SSSR count). The van der Waals surface area contributed by atoms with Crippen molar-refractivity contribution in [2.24, 2.45) is 7.05 Å². The van der Waals surface area contributed by atoms with Crippen molar-refractivity contribution in [1.29, 1.82) is 0 Å². The van der Waals surface area contributed by atoms with E-state index in [9.17, 15) is 9.90 Å². The van der Waals surface area contributed by atoms with Gasteiger partial charge in [-0.3, -0.25) is 4.68 Å². The van der Waals surface area contributed by atoms with Crippen molar-refractivity contribution in [3.8, 4) is 0 Å². The number of aryl methyl sites for hydroxylation is 1. The van der Waals surface area contributed by atoms with Crippen LogP contribution in [0.5, 0.6) is 0 Å². The fraction of sp³-hybridized carbons (Fsp3) is 0.462. The molecule has 0 saturated carbocycles. The van der Waals surface area contributed by atoms with Crippen LogP contribution >= 0.6 is 11.8 Å². The Balaban J connectivity index is 2.32. The summed E-state index contributed by atoms with van der Waals surface area (Å²) in [4.78, 5) is 15.5. The predicted octanol–water partition coefficient (Wildman–Crippen LogP) is 2.22. The van der Waals surface area contributed by atoms with Crippen molar-refractivity contribution in [3.05, 3.63) is 18.0 Å². The maximum Gasteiger partial charge on any atom is 0.339 e. The van der Waals surface area contributed by atoms with Crippen molar-refractivity contribution in [3.63, 3.8) is 0 Å². The molecule has 2 aromatic rings. The average Bonchev–Trinajstić information content (AvgIpc) is 2.80. The van der Waals surface area contributed by atoms with Crippen LogP contribution < -0.4 is 5.32 Å². The number of carbonyl (C=O) groups is 1. The first-order valence-electron chi connectivity index (χ1n) is 6.35. The molecule has 20 heavy (non-hydrogen) atoms. The summed E-state index contributed by atoms with van der Waals surface area (Å²) in [6, 6.07) is 0. The second kappa shape index (κ2) is 6.13. The minimum Gasteiger partial charge on any atom is -0.478 e. The predicted molar refractivity (Wildman–Crippen MR) is 81.6 cm³/mol. The van der Waals surface area contributed by atoms with E-state index in [-0.39, 0.29) is 5.56 Å². The van der Waals surface area contributed by atoms with Gasteiger partial charge >= 0.3 is 5.97 Å². The van der Waals surface area contributed by atoms with E-state index in [1.54, 1.807) is 29.7 Å². The van der Waals surface area contributed by atoms with Crippen LogP contribution in [0.15, 0.2) is 12.4 Å². The molecule has 0 aromatic carbocycles. The summed E-state index contributed by atoms with van der Waals surface area (Å²) in [5.74, 6) is -0.983. The highest BCUT2D eigenvalue weighted by Crippen LogP contribution is 2.25. The number of fused-ring (bicyclic) bond motifs is 1. The Morgan fingerprint density at radius 2 is 2.30 bits per heavy atom. The van der Waals surface area contributed by atoms with Gasteiger partial charge in [-0.15, -0.1) is 0 Å². The van der Waals surface area contributed by atoms with E-state index in [0.29, 0.717) is 16.6 Å². The fourth-order valence-electron chi connectivity index (χ4n) is 1.97. The van der Waals surface area contributed by atoms with Gasteiger partial charge in [0.2, 0.25) is 0 Å². The van der Waals surface area contributed by atoms with E-state index in [2.05, 4.69) is 28.6 Å². The van der Waals surface area contributed by atoms with Gasteiger partial charge in [0.05, 0.1) is 17.3 Å². The minimum atomic E-state index is -0.983. The Bertz CT molecular complexity index is 626. The van der Waals surface area contributed by atoms with Crippen molar-refractivity contribution in [2.45, 2.75) is 18.6 Å². The van der Waals surface area contributed by atoms with E-state index in [4.69, 9.17) is 0 Å². The van der Waals surface area contributed by atoms with Crippen molar-refractivity contribution >= 4 is 34.5 Å². The zero-order valence-electron chi connectivity index (χ0n) is 11.8.